The maximum Gasteiger partial charge on any atom is 0.0416 e. The van der Waals surface area contributed by atoms with Crippen LogP contribution in [0.4, 0.5) is 0 Å². The highest BCUT2D eigenvalue weighted by atomic mass is 14.6. The van der Waals surface area contributed by atoms with Crippen LogP contribution in [0, 0.1) is 0 Å². The molecule has 0 unspecified atom stereocenters. The van der Waals surface area contributed by atoms with Crippen molar-refractivity contribution in [1.29, 1.82) is 0 Å². The molecule has 64 valence electrons. The average Bonchev–Trinajstić information content (AvgIpc) is 2.46. The number of aromatic amines is 1. The van der Waals surface area contributed by atoms with Crippen LogP contribution in [-0.4, -0.2) is 4.98 Å². The molecule has 1 nitrogen and oxygen atoms in total. The average molecular weight is 161 g/mol. The van der Waals surface area contributed by atoms with E-state index in [1.165, 1.54) is 10.6 Å². The van der Waals surface area contributed by atoms with Crippen LogP contribution in [0.5, 0.6) is 0 Å². The van der Waals surface area contributed by atoms with Crippen LogP contribution in [0.3, 0.4) is 0 Å². The van der Waals surface area contributed by atoms with Gasteiger partial charge >= 0.3 is 0 Å². The molecule has 0 atom stereocenters. The van der Waals surface area contributed by atoms with Gasteiger partial charge in [-0.3, -0.25) is 0 Å². The van der Waals surface area contributed by atoms with Gasteiger partial charge in [0.1, 0.15) is 0 Å². The van der Waals surface area contributed by atoms with E-state index < -0.39 is 0 Å². The Bertz CT molecular complexity index is 355. The first-order valence-electron chi connectivity index (χ1n) is 4.47. The molecule has 12 heavy (non-hydrogen) atoms. The Morgan fingerprint density at radius 2 is 2.17 bits per heavy atom. The third kappa shape index (κ3) is 1.88. The number of allylic oxidation sites excluding steroid dienone is 2. The van der Waals surface area contributed by atoms with Crippen molar-refractivity contribution in [3.63, 3.8) is 0 Å². The minimum absolute atomic E-state index is 1.03. The number of rotatable bonds is 0. The number of nitrogens with one attached hydrogen (secondary N) is 1. The van der Waals surface area contributed by atoms with Crippen LogP contribution in [0.2, 0.25) is 0 Å². The highest BCUT2D eigenvalue weighted by molar-refractivity contribution is 5.42. The Balaban J connectivity index is 0.000000336. The number of H-pyrrole nitrogens is 1. The second-order valence-corrected chi connectivity index (χ2v) is 2.38. The molecule has 1 aromatic rings. The van der Waals surface area contributed by atoms with E-state index in [9.17, 15) is 0 Å². The van der Waals surface area contributed by atoms with E-state index in [-0.39, 0.29) is 0 Å². The monoisotopic (exact) mass is 161 g/mol. The lowest BCUT2D eigenvalue weighted by Gasteiger charge is -1.74. The topological polar surface area (TPSA) is 15.8 Å². The zero-order valence-corrected chi connectivity index (χ0v) is 7.67. The molecule has 0 spiro atoms. The van der Waals surface area contributed by atoms with Gasteiger partial charge in [-0.15, -0.1) is 0 Å². The zero-order chi connectivity index (χ0) is 8.81. The van der Waals surface area contributed by atoms with Crippen molar-refractivity contribution in [2.45, 2.75) is 20.3 Å². The van der Waals surface area contributed by atoms with Crippen molar-refractivity contribution in [3.8, 4) is 0 Å². The lowest BCUT2D eigenvalue weighted by molar-refractivity contribution is 1.29. The molecular formula is C11H15N. The van der Waals surface area contributed by atoms with Gasteiger partial charge in [0.25, 0.3) is 0 Å². The van der Waals surface area contributed by atoms with Crippen LogP contribution in [0.15, 0.2) is 24.4 Å². The maximum absolute atomic E-state index is 3.17. The number of hydrogen-bond donors (Lipinski definition) is 1. The Morgan fingerprint density at radius 3 is 3.00 bits per heavy atom. The molecule has 0 aromatic carbocycles. The molecule has 0 amide bonds. The summed E-state index contributed by atoms with van der Waals surface area (Å²) in [5.74, 6) is 0. The summed E-state index contributed by atoms with van der Waals surface area (Å²) < 4.78 is 0. The smallest absolute Gasteiger partial charge is 0.0416 e. The highest BCUT2D eigenvalue weighted by Gasteiger charge is 1.85. The summed E-state index contributed by atoms with van der Waals surface area (Å²) in [5, 5.41) is 2.53. The lowest BCUT2D eigenvalue weighted by atomic mass is 10.4. The first-order valence-corrected chi connectivity index (χ1v) is 4.47. The SMILES string of the molecule is C1=CCC=c2[nH]ccc2=C1.CC. The predicted molar refractivity (Wildman–Crippen MR) is 54.1 cm³/mol. The van der Waals surface area contributed by atoms with Crippen molar-refractivity contribution in [3.05, 3.63) is 35.0 Å². The zero-order valence-electron chi connectivity index (χ0n) is 7.67. The molecule has 2 rings (SSSR count). The minimum atomic E-state index is 1.03. The number of aromatic nitrogens is 1. The van der Waals surface area contributed by atoms with E-state index in [0.29, 0.717) is 0 Å². The van der Waals surface area contributed by atoms with Crippen molar-refractivity contribution in [2.75, 3.05) is 0 Å². The molecule has 0 saturated carbocycles. The normalized spacial score (nSPS) is 12.8. The van der Waals surface area contributed by atoms with E-state index in [4.69, 9.17) is 0 Å². The third-order valence-electron chi connectivity index (χ3n) is 1.68. The molecule has 0 saturated heterocycles. The molecule has 1 aliphatic carbocycles. The van der Waals surface area contributed by atoms with E-state index in [2.05, 4.69) is 35.4 Å². The molecule has 1 heterocycles. The molecular weight excluding hydrogens is 146 g/mol. The van der Waals surface area contributed by atoms with Crippen molar-refractivity contribution in [2.24, 2.45) is 0 Å². The summed E-state index contributed by atoms with van der Waals surface area (Å²) in [5.41, 5.74) is 0. The van der Waals surface area contributed by atoms with Crippen molar-refractivity contribution in [1.82, 2.24) is 4.98 Å². The molecule has 1 N–H and O–H groups in total. The Labute approximate surface area is 73.1 Å². The molecule has 0 aliphatic heterocycles. The Hall–Kier alpha value is -1.24. The van der Waals surface area contributed by atoms with Crippen LogP contribution >= 0.6 is 0 Å². The Morgan fingerprint density at radius 1 is 1.33 bits per heavy atom. The second-order valence-electron chi connectivity index (χ2n) is 2.38. The standard InChI is InChI=1S/C9H9N.C2H6/c1-2-4-8-6-7-10-9(8)5-3-1;1-2/h1-2,4-7,10H,3H2;1-2H3. The summed E-state index contributed by atoms with van der Waals surface area (Å²) in [7, 11) is 0. The molecule has 0 bridgehead atoms. The first-order chi connectivity index (χ1) is 5.97. The van der Waals surface area contributed by atoms with Crippen LogP contribution in [-0.2, 0) is 0 Å². The van der Waals surface area contributed by atoms with E-state index in [1.54, 1.807) is 0 Å². The highest BCUT2D eigenvalue weighted by Crippen LogP contribution is 1.86. The number of fused-ring (bicyclic) bond motifs is 1. The maximum atomic E-state index is 3.17. The summed E-state index contributed by atoms with van der Waals surface area (Å²) in [6.07, 6.45) is 11.6. The minimum Gasteiger partial charge on any atom is -0.361 e. The Kier molecular flexibility index (Phi) is 3.39. The summed E-state index contributed by atoms with van der Waals surface area (Å²) in [6, 6.07) is 2.08. The van der Waals surface area contributed by atoms with Crippen LogP contribution < -0.4 is 10.6 Å². The largest absolute Gasteiger partial charge is 0.361 e. The van der Waals surface area contributed by atoms with Gasteiger partial charge in [0, 0.05) is 11.5 Å². The summed E-state index contributed by atoms with van der Waals surface area (Å²) >= 11 is 0. The fraction of sp³-hybridized carbons (Fsp3) is 0.273. The molecule has 0 fully saturated rings. The van der Waals surface area contributed by atoms with Gasteiger partial charge < -0.3 is 4.98 Å². The molecule has 1 aromatic heterocycles. The lowest BCUT2D eigenvalue weighted by Crippen LogP contribution is -2.20. The van der Waals surface area contributed by atoms with Gasteiger partial charge in [-0.05, 0) is 17.7 Å². The predicted octanol–water partition coefficient (Wildman–Crippen LogP) is 1.56. The quantitative estimate of drug-likeness (QED) is 0.594. The summed E-state index contributed by atoms with van der Waals surface area (Å²) in [6.45, 7) is 4.00. The van der Waals surface area contributed by atoms with Gasteiger partial charge in [0.2, 0.25) is 0 Å². The van der Waals surface area contributed by atoms with Gasteiger partial charge in [0.05, 0.1) is 0 Å². The van der Waals surface area contributed by atoms with Gasteiger partial charge in [0.15, 0.2) is 0 Å². The first kappa shape index (κ1) is 8.85. The van der Waals surface area contributed by atoms with Gasteiger partial charge in [-0.1, -0.05) is 38.2 Å². The molecule has 0 radical (unpaired) electrons. The van der Waals surface area contributed by atoms with Crippen LogP contribution in [0.1, 0.15) is 20.3 Å². The molecule has 1 heteroatoms. The van der Waals surface area contributed by atoms with Crippen molar-refractivity contribution >= 4 is 12.2 Å². The van der Waals surface area contributed by atoms with E-state index in [1.807, 2.05) is 20.0 Å². The number of hydrogen-bond acceptors (Lipinski definition) is 0. The van der Waals surface area contributed by atoms with E-state index in [0.717, 1.165) is 6.42 Å². The van der Waals surface area contributed by atoms with Gasteiger partial charge in [-0.2, -0.15) is 0 Å². The fourth-order valence-electron chi connectivity index (χ4n) is 1.15. The second kappa shape index (κ2) is 4.60. The molecule has 1 aliphatic rings. The van der Waals surface area contributed by atoms with Gasteiger partial charge in [-0.25, -0.2) is 0 Å². The fourth-order valence-corrected chi connectivity index (χ4v) is 1.15. The van der Waals surface area contributed by atoms with E-state index >= 15 is 0 Å². The van der Waals surface area contributed by atoms with Crippen LogP contribution in [0.25, 0.3) is 12.2 Å². The summed E-state index contributed by atoms with van der Waals surface area (Å²) in [4.78, 5) is 3.17. The van der Waals surface area contributed by atoms with Crippen molar-refractivity contribution < 1.29 is 0 Å². The third-order valence-corrected chi connectivity index (χ3v) is 1.68.